The number of rotatable bonds is 30. The van der Waals surface area contributed by atoms with E-state index in [1.54, 1.807) is 72.9 Å². The van der Waals surface area contributed by atoms with Crippen LogP contribution in [0.5, 0.6) is 5.75 Å². The molecule has 0 fully saturated rings. The van der Waals surface area contributed by atoms with Gasteiger partial charge >= 0.3 is 5.97 Å². The topological polar surface area (TPSA) is 311 Å². The number of aliphatic carboxylic acids is 1. The quantitative estimate of drug-likeness (QED) is 0.0180. The molecule has 7 amide bonds. The number of amides is 7. The molecule has 20 nitrogen and oxygen atoms in total. The van der Waals surface area contributed by atoms with Crippen LogP contribution in [0, 0.1) is 0 Å². The first-order valence-electron chi connectivity index (χ1n) is 24.7. The normalized spacial score (nSPS) is 13.0. The average molecular weight is 1030 g/mol. The van der Waals surface area contributed by atoms with Gasteiger partial charge in [0.05, 0.1) is 13.0 Å². The molecule has 1 aromatic heterocycles. The van der Waals surface area contributed by atoms with Gasteiger partial charge in [-0.25, -0.2) is 0 Å². The number of aromatic hydroxyl groups is 1. The number of H-pyrrole nitrogens is 1. The molecular weight excluding hydrogens is 963 g/mol. The summed E-state index contributed by atoms with van der Waals surface area (Å²) < 4.78 is 0. The average Bonchev–Trinajstić information content (AvgIpc) is 3.81. The summed E-state index contributed by atoms with van der Waals surface area (Å²) in [6, 6.07) is 23.3. The number of allylic oxidation sites excluding steroid dienone is 1. The van der Waals surface area contributed by atoms with Gasteiger partial charge in [-0.2, -0.15) is 0 Å². The van der Waals surface area contributed by atoms with Gasteiger partial charge in [0.1, 0.15) is 36.0 Å². The highest BCUT2D eigenvalue weighted by molar-refractivity contribution is 6.04. The molecule has 0 aliphatic heterocycles. The number of para-hydroxylation sites is 1. The lowest BCUT2D eigenvalue weighted by atomic mass is 10.0. The maximum absolute atomic E-state index is 14.6. The van der Waals surface area contributed by atoms with Crippen molar-refractivity contribution in [2.24, 2.45) is 5.73 Å². The summed E-state index contributed by atoms with van der Waals surface area (Å²) in [5, 5.41) is 36.5. The number of hydrogen-bond acceptors (Lipinski definition) is 11. The molecule has 0 aliphatic carbocycles. The van der Waals surface area contributed by atoms with Gasteiger partial charge in [0.15, 0.2) is 5.78 Å². The maximum Gasteiger partial charge on any atom is 0.305 e. The predicted octanol–water partition coefficient (Wildman–Crippen LogP) is 3.16. The number of carboxylic acid groups (broad SMARTS) is 1. The van der Waals surface area contributed by atoms with Gasteiger partial charge in [-0.3, -0.25) is 43.2 Å². The third kappa shape index (κ3) is 18.0. The fourth-order valence-corrected chi connectivity index (χ4v) is 8.14. The van der Waals surface area contributed by atoms with Crippen LogP contribution in [0.4, 0.5) is 0 Å². The van der Waals surface area contributed by atoms with Crippen molar-refractivity contribution in [1.29, 1.82) is 0 Å². The minimum Gasteiger partial charge on any atom is -0.508 e. The number of nitrogens with zero attached hydrogens (tertiary/aromatic N) is 1. The molecule has 5 atom stereocenters. The van der Waals surface area contributed by atoms with Crippen molar-refractivity contribution in [2.45, 2.75) is 94.9 Å². The highest BCUT2D eigenvalue weighted by Gasteiger charge is 2.35. The Bertz CT molecular complexity index is 2780. The number of carboxylic acids is 1. The number of ketones is 1. The van der Waals surface area contributed by atoms with Crippen LogP contribution in [-0.4, -0.2) is 124 Å². The molecule has 11 N–H and O–H groups in total. The second kappa shape index (κ2) is 29.0. The molecule has 0 unspecified atom stereocenters. The standard InChI is InChI=1S/C55H65N9O11/c1-3-4-20-42(61-51(71)37-23-25-39(65)26-24-37)52(72)59-34-48(67)60-44(31-38-33-58-41-21-12-11-19-40(38)41)54(74)62-43(22-13-14-28-57-29-27-47(66)36-17-9-6-10-18-36)53(73)63-45(32-49(68)69)55(75)64(2)46(50(56)70)30-35-15-7-5-8-16-35/h5-12,15-19,21,23-27,29,33,42-46,57-58,65H,3-4,13-14,20,22,28,30-32,34H2,1-2H3,(H2,56,70)(H,59,72)(H,60,67)(H,61,71)(H,62,74)(H,63,73)(H,68,69)/b29-27+/t42-,43-,44-,45-,46-/m0/s1. The van der Waals surface area contributed by atoms with E-state index in [0.29, 0.717) is 42.5 Å². The predicted molar refractivity (Wildman–Crippen MR) is 280 cm³/mol. The Morgan fingerprint density at radius 3 is 1.99 bits per heavy atom. The van der Waals surface area contributed by atoms with Gasteiger partial charge in [-0.15, -0.1) is 0 Å². The highest BCUT2D eigenvalue weighted by atomic mass is 16.4. The monoisotopic (exact) mass is 1030 g/mol. The summed E-state index contributed by atoms with van der Waals surface area (Å²) in [5.74, 6) is -7.31. The van der Waals surface area contributed by atoms with E-state index in [4.69, 9.17) is 5.73 Å². The number of hydrogen-bond donors (Lipinski definition) is 10. The fourth-order valence-electron chi connectivity index (χ4n) is 8.14. The Balaban J connectivity index is 1.36. The van der Waals surface area contributed by atoms with Crippen LogP contribution in [0.1, 0.15) is 83.7 Å². The van der Waals surface area contributed by atoms with Crippen molar-refractivity contribution < 1.29 is 53.4 Å². The van der Waals surface area contributed by atoms with E-state index in [-0.39, 0.29) is 49.2 Å². The van der Waals surface area contributed by atoms with Crippen LogP contribution >= 0.6 is 0 Å². The number of primary amides is 1. The number of phenolic OH excluding ortho intramolecular Hbond substituents is 1. The van der Waals surface area contributed by atoms with E-state index in [2.05, 4.69) is 36.9 Å². The van der Waals surface area contributed by atoms with Gasteiger partial charge in [0, 0.05) is 66.9 Å². The Kier molecular flexibility index (Phi) is 22.1. The third-order valence-corrected chi connectivity index (χ3v) is 12.3. The number of likely N-dealkylation sites (N-methyl/N-ethyl adjacent to an activating group) is 1. The number of phenols is 1. The van der Waals surface area contributed by atoms with Gasteiger partial charge in [-0.1, -0.05) is 98.6 Å². The lowest BCUT2D eigenvalue weighted by Crippen LogP contribution is -2.59. The van der Waals surface area contributed by atoms with Crippen molar-refractivity contribution in [3.8, 4) is 5.75 Å². The van der Waals surface area contributed by atoms with Gasteiger partial charge < -0.3 is 57.7 Å². The fraction of sp³-hybridized carbons (Fsp3) is 0.327. The number of benzene rings is 4. The first kappa shape index (κ1) is 57.1. The second-order valence-electron chi connectivity index (χ2n) is 17.9. The maximum atomic E-state index is 14.6. The van der Waals surface area contributed by atoms with E-state index in [1.165, 1.54) is 43.6 Å². The van der Waals surface area contributed by atoms with Crippen LogP contribution in [0.3, 0.4) is 0 Å². The van der Waals surface area contributed by atoms with Crippen LogP contribution < -0.4 is 37.6 Å². The summed E-state index contributed by atoms with van der Waals surface area (Å²) in [6.07, 6.45) is 5.69. The van der Waals surface area contributed by atoms with Crippen LogP contribution in [-0.2, 0) is 46.4 Å². The number of aromatic amines is 1. The van der Waals surface area contributed by atoms with Crippen LogP contribution in [0.2, 0.25) is 0 Å². The van der Waals surface area contributed by atoms with Gasteiger partial charge in [0.2, 0.25) is 35.4 Å². The number of carbonyl (C=O) groups is 9. The van der Waals surface area contributed by atoms with Crippen LogP contribution in [0.15, 0.2) is 128 Å². The van der Waals surface area contributed by atoms with Crippen LogP contribution in [0.25, 0.3) is 10.9 Å². The Hall–Kier alpha value is -8.81. The second-order valence-corrected chi connectivity index (χ2v) is 17.9. The molecule has 75 heavy (non-hydrogen) atoms. The molecular formula is C55H65N9O11. The highest BCUT2D eigenvalue weighted by Crippen LogP contribution is 2.20. The largest absolute Gasteiger partial charge is 0.508 e. The molecule has 0 bridgehead atoms. The Morgan fingerprint density at radius 2 is 1.31 bits per heavy atom. The zero-order chi connectivity index (χ0) is 54.3. The molecule has 0 radical (unpaired) electrons. The molecule has 20 heteroatoms. The first-order valence-corrected chi connectivity index (χ1v) is 24.7. The van der Waals surface area contributed by atoms with Gasteiger partial charge in [0.25, 0.3) is 5.91 Å². The van der Waals surface area contributed by atoms with Crippen molar-refractivity contribution in [3.05, 3.63) is 150 Å². The minimum atomic E-state index is -1.72. The number of fused-ring (bicyclic) bond motifs is 1. The van der Waals surface area contributed by atoms with E-state index >= 15 is 0 Å². The number of carbonyl (C=O) groups excluding carboxylic acids is 8. The van der Waals surface area contributed by atoms with E-state index in [9.17, 15) is 53.4 Å². The number of unbranched alkanes of at least 4 members (excludes halogenated alkanes) is 2. The van der Waals surface area contributed by atoms with Crippen molar-refractivity contribution in [1.82, 2.24) is 41.8 Å². The molecule has 5 aromatic rings. The summed E-state index contributed by atoms with van der Waals surface area (Å²) in [6.45, 7) is 1.64. The van der Waals surface area contributed by atoms with E-state index in [1.807, 2.05) is 25.1 Å². The zero-order valence-electron chi connectivity index (χ0n) is 41.9. The van der Waals surface area contributed by atoms with Crippen molar-refractivity contribution in [3.63, 3.8) is 0 Å². The smallest absolute Gasteiger partial charge is 0.305 e. The number of nitrogens with two attached hydrogens (primary N) is 1. The molecule has 1 heterocycles. The Labute approximate surface area is 434 Å². The number of nitrogens with one attached hydrogen (secondary N) is 7. The number of aromatic nitrogens is 1. The van der Waals surface area contributed by atoms with Crippen molar-refractivity contribution >= 4 is 64.0 Å². The molecule has 0 saturated heterocycles. The molecule has 0 spiro atoms. The lowest BCUT2D eigenvalue weighted by molar-refractivity contribution is -0.146. The van der Waals surface area contributed by atoms with E-state index in [0.717, 1.165) is 15.8 Å². The molecule has 0 aliphatic rings. The Morgan fingerprint density at radius 1 is 0.680 bits per heavy atom. The third-order valence-electron chi connectivity index (χ3n) is 12.3. The SMILES string of the molecule is CCCC[C@H](NC(=O)c1ccc(O)cc1)C(=O)NCC(=O)N[C@@H](Cc1c[nH]c2ccccc12)C(=O)N[C@@H](CCCCN/C=C/C(=O)c1ccccc1)C(=O)N[C@@H](CC(=O)O)C(=O)N(C)[C@@H](Cc1ccccc1)C(N)=O. The molecule has 396 valence electrons. The molecule has 5 rings (SSSR count). The molecule has 4 aromatic carbocycles. The summed E-state index contributed by atoms with van der Waals surface area (Å²) in [4.78, 5) is 125. The minimum absolute atomic E-state index is 0.00128. The summed E-state index contributed by atoms with van der Waals surface area (Å²) in [7, 11) is 1.27. The summed E-state index contributed by atoms with van der Waals surface area (Å²) in [5.41, 5.74) is 8.46. The zero-order valence-corrected chi connectivity index (χ0v) is 41.9. The molecule has 0 saturated carbocycles. The first-order chi connectivity index (χ1) is 36.0. The van der Waals surface area contributed by atoms with E-state index < -0.39 is 90.5 Å². The van der Waals surface area contributed by atoms with Crippen molar-refractivity contribution in [2.75, 3.05) is 20.1 Å². The van der Waals surface area contributed by atoms with Gasteiger partial charge in [-0.05, 0) is 67.1 Å². The summed E-state index contributed by atoms with van der Waals surface area (Å²) >= 11 is 0. The lowest BCUT2D eigenvalue weighted by Gasteiger charge is -2.30.